The molecule has 0 saturated carbocycles. The van der Waals surface area contributed by atoms with Crippen LogP contribution in [0.4, 0.5) is 0 Å². The monoisotopic (exact) mass is 285 g/mol. The summed E-state index contributed by atoms with van der Waals surface area (Å²) in [7, 11) is 0. The largest absolute Gasteiger partial charge is 0.317 e. The fraction of sp³-hybridized carbons (Fsp3) is 0.500. The number of ketones is 1. The van der Waals surface area contributed by atoms with E-state index in [0.717, 1.165) is 19.5 Å². The number of benzene rings is 1. The SMILES string of the molecule is O=C(CCC1CCNCC1)c1ccc(Cl)c(Cl)c1. The first-order chi connectivity index (χ1) is 8.66. The first kappa shape index (κ1) is 13.9. The van der Waals surface area contributed by atoms with Crippen molar-refractivity contribution in [1.29, 1.82) is 0 Å². The fourth-order valence-electron chi connectivity index (χ4n) is 2.32. The summed E-state index contributed by atoms with van der Waals surface area (Å²) >= 11 is 11.7. The third-order valence-electron chi connectivity index (χ3n) is 3.48. The first-order valence-corrected chi connectivity index (χ1v) is 7.11. The highest BCUT2D eigenvalue weighted by atomic mass is 35.5. The molecule has 1 aliphatic heterocycles. The van der Waals surface area contributed by atoms with Gasteiger partial charge in [-0.3, -0.25) is 4.79 Å². The second-order valence-electron chi connectivity index (χ2n) is 4.78. The lowest BCUT2D eigenvalue weighted by atomic mass is 9.91. The average molecular weight is 286 g/mol. The van der Waals surface area contributed by atoms with Crippen LogP contribution in [0.3, 0.4) is 0 Å². The predicted molar refractivity (Wildman–Crippen MR) is 75.6 cm³/mol. The highest BCUT2D eigenvalue weighted by Gasteiger charge is 2.15. The molecule has 0 unspecified atom stereocenters. The molecule has 2 rings (SSSR count). The minimum absolute atomic E-state index is 0.159. The minimum atomic E-state index is 0.159. The summed E-state index contributed by atoms with van der Waals surface area (Å²) in [6, 6.07) is 5.09. The molecule has 1 heterocycles. The molecular formula is C14H17Cl2NO. The van der Waals surface area contributed by atoms with Gasteiger partial charge in [0.25, 0.3) is 0 Å². The molecule has 0 aliphatic carbocycles. The molecule has 1 fully saturated rings. The summed E-state index contributed by atoms with van der Waals surface area (Å²) in [4.78, 5) is 12.0. The van der Waals surface area contributed by atoms with E-state index in [-0.39, 0.29) is 5.78 Å². The van der Waals surface area contributed by atoms with E-state index in [1.807, 2.05) is 0 Å². The molecule has 1 saturated heterocycles. The number of carbonyl (C=O) groups excluding carboxylic acids is 1. The molecule has 2 nitrogen and oxygen atoms in total. The van der Waals surface area contributed by atoms with E-state index in [1.165, 1.54) is 12.8 Å². The zero-order valence-corrected chi connectivity index (χ0v) is 11.7. The van der Waals surface area contributed by atoms with Crippen LogP contribution >= 0.6 is 23.2 Å². The summed E-state index contributed by atoms with van der Waals surface area (Å²) < 4.78 is 0. The van der Waals surface area contributed by atoms with Crippen molar-refractivity contribution in [3.05, 3.63) is 33.8 Å². The number of nitrogens with one attached hydrogen (secondary N) is 1. The van der Waals surface area contributed by atoms with E-state index in [2.05, 4.69) is 5.32 Å². The molecule has 18 heavy (non-hydrogen) atoms. The van der Waals surface area contributed by atoms with Gasteiger partial charge in [-0.15, -0.1) is 0 Å². The topological polar surface area (TPSA) is 29.1 Å². The highest BCUT2D eigenvalue weighted by Crippen LogP contribution is 2.24. The Morgan fingerprint density at radius 2 is 1.94 bits per heavy atom. The van der Waals surface area contributed by atoms with Gasteiger partial charge in [-0.2, -0.15) is 0 Å². The van der Waals surface area contributed by atoms with E-state index >= 15 is 0 Å². The van der Waals surface area contributed by atoms with E-state index in [9.17, 15) is 4.79 Å². The molecule has 0 aromatic heterocycles. The lowest BCUT2D eigenvalue weighted by Crippen LogP contribution is -2.27. The van der Waals surface area contributed by atoms with Gasteiger partial charge in [0.2, 0.25) is 0 Å². The second-order valence-corrected chi connectivity index (χ2v) is 5.60. The Balaban J connectivity index is 1.88. The third kappa shape index (κ3) is 3.71. The smallest absolute Gasteiger partial charge is 0.162 e. The van der Waals surface area contributed by atoms with Gasteiger partial charge in [0.1, 0.15) is 0 Å². The van der Waals surface area contributed by atoms with E-state index < -0.39 is 0 Å². The summed E-state index contributed by atoms with van der Waals surface area (Å²) in [6.07, 6.45) is 3.92. The van der Waals surface area contributed by atoms with Gasteiger partial charge in [-0.05, 0) is 56.5 Å². The van der Waals surface area contributed by atoms with Crippen LogP contribution in [0.15, 0.2) is 18.2 Å². The van der Waals surface area contributed by atoms with Gasteiger partial charge in [0.15, 0.2) is 5.78 Å². The Kier molecular flexibility index (Phi) is 5.04. The quantitative estimate of drug-likeness (QED) is 0.849. The molecule has 0 amide bonds. The molecule has 1 N–H and O–H groups in total. The molecule has 0 spiro atoms. The lowest BCUT2D eigenvalue weighted by molar-refractivity contribution is 0.0971. The van der Waals surface area contributed by atoms with Crippen LogP contribution in [0.1, 0.15) is 36.0 Å². The van der Waals surface area contributed by atoms with Crippen molar-refractivity contribution < 1.29 is 4.79 Å². The predicted octanol–water partition coefficient (Wildman–Crippen LogP) is 3.96. The maximum atomic E-state index is 12.0. The summed E-state index contributed by atoms with van der Waals surface area (Å²) in [5, 5.41) is 4.27. The number of rotatable bonds is 4. The Bertz CT molecular complexity index is 428. The Morgan fingerprint density at radius 3 is 2.61 bits per heavy atom. The van der Waals surface area contributed by atoms with Gasteiger partial charge >= 0.3 is 0 Å². The van der Waals surface area contributed by atoms with Gasteiger partial charge in [0, 0.05) is 12.0 Å². The van der Waals surface area contributed by atoms with Gasteiger partial charge in [-0.1, -0.05) is 23.2 Å². The standard InChI is InChI=1S/C14H17Cl2NO/c15-12-3-2-11(9-13(12)16)14(18)4-1-10-5-7-17-8-6-10/h2-3,9-10,17H,1,4-8H2. The number of hydrogen-bond acceptors (Lipinski definition) is 2. The molecule has 1 aromatic rings. The summed E-state index contributed by atoms with van der Waals surface area (Å²) in [5.41, 5.74) is 0.665. The second kappa shape index (κ2) is 6.55. The Morgan fingerprint density at radius 1 is 1.22 bits per heavy atom. The number of Topliss-reactive ketones (excluding diaryl/α,β-unsaturated/α-hetero) is 1. The van der Waals surface area contributed by atoms with E-state index in [0.29, 0.717) is 27.9 Å². The number of piperidine rings is 1. The number of carbonyl (C=O) groups is 1. The van der Waals surface area contributed by atoms with Crippen molar-refractivity contribution in [2.24, 2.45) is 5.92 Å². The van der Waals surface area contributed by atoms with Crippen LogP contribution in [0.25, 0.3) is 0 Å². The summed E-state index contributed by atoms with van der Waals surface area (Å²) in [5.74, 6) is 0.838. The number of hydrogen-bond donors (Lipinski definition) is 1. The lowest BCUT2D eigenvalue weighted by Gasteiger charge is -2.22. The molecule has 4 heteroatoms. The number of halogens is 2. The molecule has 0 bridgehead atoms. The van der Waals surface area contributed by atoms with Crippen molar-refractivity contribution in [3.8, 4) is 0 Å². The normalized spacial score (nSPS) is 16.8. The van der Waals surface area contributed by atoms with E-state index in [1.54, 1.807) is 18.2 Å². The zero-order valence-electron chi connectivity index (χ0n) is 10.2. The van der Waals surface area contributed by atoms with Crippen LogP contribution in [0.2, 0.25) is 10.0 Å². The van der Waals surface area contributed by atoms with Crippen LogP contribution in [-0.4, -0.2) is 18.9 Å². The first-order valence-electron chi connectivity index (χ1n) is 6.36. The zero-order chi connectivity index (χ0) is 13.0. The van der Waals surface area contributed by atoms with Crippen LogP contribution in [0.5, 0.6) is 0 Å². The van der Waals surface area contributed by atoms with Gasteiger partial charge in [-0.25, -0.2) is 0 Å². The molecule has 0 atom stereocenters. The van der Waals surface area contributed by atoms with E-state index in [4.69, 9.17) is 23.2 Å². The Hall–Kier alpha value is -0.570. The molecule has 98 valence electrons. The van der Waals surface area contributed by atoms with Crippen molar-refractivity contribution in [1.82, 2.24) is 5.32 Å². The molecular weight excluding hydrogens is 269 g/mol. The van der Waals surface area contributed by atoms with Crippen LogP contribution < -0.4 is 5.32 Å². The molecule has 1 aliphatic rings. The van der Waals surface area contributed by atoms with Crippen molar-refractivity contribution >= 4 is 29.0 Å². The van der Waals surface area contributed by atoms with Gasteiger partial charge in [0.05, 0.1) is 10.0 Å². The van der Waals surface area contributed by atoms with Gasteiger partial charge < -0.3 is 5.32 Å². The van der Waals surface area contributed by atoms with Crippen molar-refractivity contribution in [3.63, 3.8) is 0 Å². The third-order valence-corrected chi connectivity index (χ3v) is 4.22. The Labute approximate surface area is 118 Å². The maximum Gasteiger partial charge on any atom is 0.162 e. The summed E-state index contributed by atoms with van der Waals surface area (Å²) in [6.45, 7) is 2.15. The van der Waals surface area contributed by atoms with Crippen LogP contribution in [0, 0.1) is 5.92 Å². The van der Waals surface area contributed by atoms with Crippen molar-refractivity contribution in [2.45, 2.75) is 25.7 Å². The minimum Gasteiger partial charge on any atom is -0.317 e. The van der Waals surface area contributed by atoms with Crippen molar-refractivity contribution in [2.75, 3.05) is 13.1 Å². The maximum absolute atomic E-state index is 12.0. The highest BCUT2D eigenvalue weighted by molar-refractivity contribution is 6.42. The molecule has 1 aromatic carbocycles. The van der Waals surface area contributed by atoms with Crippen LogP contribution in [-0.2, 0) is 0 Å². The average Bonchev–Trinajstić information content (AvgIpc) is 2.40. The fourth-order valence-corrected chi connectivity index (χ4v) is 2.62. The molecule has 0 radical (unpaired) electrons.